The Kier molecular flexibility index (Phi) is 7.23. The maximum absolute atomic E-state index is 12.1. The summed E-state index contributed by atoms with van der Waals surface area (Å²) in [7, 11) is -4.06. The van der Waals surface area contributed by atoms with Gasteiger partial charge in [0, 0.05) is 13.0 Å². The quantitative estimate of drug-likeness (QED) is 0.411. The third-order valence-corrected chi connectivity index (χ3v) is 11.3. The minimum absolute atomic E-state index is 0.0700. The minimum atomic E-state index is -4.06. The zero-order chi connectivity index (χ0) is 24.0. The highest BCUT2D eigenvalue weighted by molar-refractivity contribution is 7.85. The smallest absolute Gasteiger partial charge is 0.266 e. The molecule has 8 heteroatoms. The summed E-state index contributed by atoms with van der Waals surface area (Å²) in [5.41, 5.74) is 0.142. The second-order valence-corrected chi connectivity index (χ2v) is 13.6. The Hall–Kier alpha value is -0.700. The number of carbonyl (C=O) groups is 1. The fourth-order valence-corrected chi connectivity index (χ4v) is 9.07. The van der Waals surface area contributed by atoms with E-state index in [9.17, 15) is 23.4 Å². The molecule has 0 saturated heterocycles. The number of aliphatic hydroxyl groups excluding tert-OH is 2. The Morgan fingerprint density at radius 1 is 1.03 bits per heavy atom. The van der Waals surface area contributed by atoms with Crippen LogP contribution in [0.3, 0.4) is 0 Å². The standard InChI is InChI=1S/C25H43NO6S/c1-24-11-10-18(27)14-17(24)6-8-19-20-9-7-16(25(20,2)22(28)15-21(19)24)4-3-5-23(29)26-12-13-33(30,31)32/h16-22,27-28H,3-15H2,1-2H3,(H,26,29)(H,30,31,32)/t16?,17-,18-,19+,20?,21?,22+,24+,25-/m1/s1. The van der Waals surface area contributed by atoms with E-state index in [4.69, 9.17) is 4.55 Å². The number of fused-ring (bicyclic) bond motifs is 5. The Balaban J connectivity index is 1.35. The average Bonchev–Trinajstić information content (AvgIpc) is 3.06. The molecule has 4 N–H and O–H groups in total. The lowest BCUT2D eigenvalue weighted by Crippen LogP contribution is -2.58. The van der Waals surface area contributed by atoms with Gasteiger partial charge in [0.2, 0.25) is 5.91 Å². The molecule has 0 spiro atoms. The van der Waals surface area contributed by atoms with Gasteiger partial charge in [-0.2, -0.15) is 8.42 Å². The molecule has 0 aromatic rings. The van der Waals surface area contributed by atoms with E-state index in [0.29, 0.717) is 36.0 Å². The van der Waals surface area contributed by atoms with Gasteiger partial charge in [-0.3, -0.25) is 9.35 Å². The number of aliphatic hydroxyl groups is 2. The van der Waals surface area contributed by atoms with Crippen molar-refractivity contribution in [2.75, 3.05) is 12.3 Å². The largest absolute Gasteiger partial charge is 0.393 e. The number of nitrogens with one attached hydrogen (secondary N) is 1. The van der Waals surface area contributed by atoms with Crippen LogP contribution in [0.25, 0.3) is 0 Å². The molecule has 9 atom stereocenters. The predicted octanol–water partition coefficient (Wildman–Crippen LogP) is 3.15. The van der Waals surface area contributed by atoms with Crippen molar-refractivity contribution in [3.63, 3.8) is 0 Å². The first kappa shape index (κ1) is 25.4. The molecule has 4 rings (SSSR count). The van der Waals surface area contributed by atoms with Crippen LogP contribution in [0.15, 0.2) is 0 Å². The summed E-state index contributed by atoms with van der Waals surface area (Å²) in [6.45, 7) is 4.66. The summed E-state index contributed by atoms with van der Waals surface area (Å²) in [5.74, 6) is 2.07. The van der Waals surface area contributed by atoms with Gasteiger partial charge < -0.3 is 15.5 Å². The van der Waals surface area contributed by atoms with Crippen molar-refractivity contribution in [3.05, 3.63) is 0 Å². The molecule has 4 aliphatic rings. The number of rotatable bonds is 7. The number of hydrogen-bond acceptors (Lipinski definition) is 5. The van der Waals surface area contributed by atoms with Crippen molar-refractivity contribution < 1.29 is 28.0 Å². The summed E-state index contributed by atoms with van der Waals surface area (Å²) in [6.07, 6.45) is 9.93. The van der Waals surface area contributed by atoms with E-state index in [0.717, 1.165) is 51.4 Å². The lowest BCUT2D eigenvalue weighted by molar-refractivity contribution is -0.171. The molecular formula is C25H43NO6S. The first-order chi connectivity index (χ1) is 15.4. The van der Waals surface area contributed by atoms with Gasteiger partial charge in [-0.1, -0.05) is 13.8 Å². The second-order valence-electron chi connectivity index (χ2n) is 12.0. The second kappa shape index (κ2) is 9.40. The Bertz CT molecular complexity index is 833. The third kappa shape index (κ3) is 4.87. The van der Waals surface area contributed by atoms with Crippen LogP contribution < -0.4 is 5.32 Å². The topological polar surface area (TPSA) is 124 Å². The molecule has 0 radical (unpaired) electrons. The van der Waals surface area contributed by atoms with E-state index < -0.39 is 15.9 Å². The van der Waals surface area contributed by atoms with Crippen LogP contribution >= 0.6 is 0 Å². The molecule has 7 nitrogen and oxygen atoms in total. The molecule has 0 aliphatic heterocycles. The van der Waals surface area contributed by atoms with Gasteiger partial charge in [0.15, 0.2) is 0 Å². The van der Waals surface area contributed by atoms with Crippen LogP contribution in [0.2, 0.25) is 0 Å². The molecular weight excluding hydrogens is 442 g/mol. The average molecular weight is 486 g/mol. The summed E-state index contributed by atoms with van der Waals surface area (Å²) in [5, 5.41) is 24.3. The highest BCUT2D eigenvalue weighted by Crippen LogP contribution is 2.67. The minimum Gasteiger partial charge on any atom is -0.393 e. The van der Waals surface area contributed by atoms with E-state index in [1.54, 1.807) is 0 Å². The Morgan fingerprint density at radius 3 is 2.52 bits per heavy atom. The molecule has 1 amide bonds. The maximum Gasteiger partial charge on any atom is 0.266 e. The van der Waals surface area contributed by atoms with Crippen molar-refractivity contribution in [1.29, 1.82) is 0 Å². The molecule has 0 aromatic carbocycles. The first-order valence-corrected chi connectivity index (χ1v) is 14.6. The summed E-state index contributed by atoms with van der Waals surface area (Å²) >= 11 is 0. The lowest BCUT2D eigenvalue weighted by atomic mass is 9.44. The van der Waals surface area contributed by atoms with E-state index >= 15 is 0 Å². The molecule has 0 heterocycles. The fourth-order valence-electron chi connectivity index (χ4n) is 8.71. The van der Waals surface area contributed by atoms with Crippen molar-refractivity contribution in [2.45, 2.75) is 96.7 Å². The van der Waals surface area contributed by atoms with Gasteiger partial charge in [0.25, 0.3) is 10.1 Å². The summed E-state index contributed by atoms with van der Waals surface area (Å²) in [4.78, 5) is 12.1. The number of amides is 1. The summed E-state index contributed by atoms with van der Waals surface area (Å²) in [6, 6.07) is 0. The highest BCUT2D eigenvalue weighted by Gasteiger charge is 2.62. The SMILES string of the molecule is C[C@@]12C(CCCC(=O)NCCS(=O)(=O)O)CCC1[C@@H]1CC[C@@H]3C[C@H](O)CC[C@]3(C)C1C[C@@H]2O. The first-order valence-electron chi connectivity index (χ1n) is 13.0. The van der Waals surface area contributed by atoms with E-state index in [2.05, 4.69) is 19.2 Å². The zero-order valence-corrected chi connectivity index (χ0v) is 21.0. The molecule has 4 fully saturated rings. The van der Waals surface area contributed by atoms with Gasteiger partial charge in [-0.15, -0.1) is 0 Å². The molecule has 0 aromatic heterocycles. The monoisotopic (exact) mass is 485 g/mol. The molecule has 3 unspecified atom stereocenters. The lowest BCUT2D eigenvalue weighted by Gasteiger charge is -2.62. The third-order valence-electron chi connectivity index (χ3n) is 10.6. The van der Waals surface area contributed by atoms with Crippen LogP contribution in [-0.2, 0) is 14.9 Å². The van der Waals surface area contributed by atoms with Gasteiger partial charge in [-0.05, 0) is 105 Å². The zero-order valence-electron chi connectivity index (χ0n) is 20.2. The predicted molar refractivity (Wildman–Crippen MR) is 126 cm³/mol. The van der Waals surface area contributed by atoms with Crippen molar-refractivity contribution in [2.24, 2.45) is 40.4 Å². The van der Waals surface area contributed by atoms with Crippen LogP contribution in [0, 0.1) is 40.4 Å². The van der Waals surface area contributed by atoms with Gasteiger partial charge in [-0.25, -0.2) is 0 Å². The van der Waals surface area contributed by atoms with E-state index in [1.165, 1.54) is 12.8 Å². The molecule has 4 saturated carbocycles. The maximum atomic E-state index is 12.1. The van der Waals surface area contributed by atoms with Crippen LogP contribution in [-0.4, -0.2) is 53.6 Å². The summed E-state index contributed by atoms with van der Waals surface area (Å²) < 4.78 is 30.3. The molecule has 33 heavy (non-hydrogen) atoms. The molecule has 190 valence electrons. The van der Waals surface area contributed by atoms with Crippen LogP contribution in [0.4, 0.5) is 0 Å². The van der Waals surface area contributed by atoms with Gasteiger partial charge in [0.05, 0.1) is 18.0 Å². The molecule has 4 aliphatic carbocycles. The van der Waals surface area contributed by atoms with Crippen molar-refractivity contribution >= 4 is 16.0 Å². The number of hydrogen-bond donors (Lipinski definition) is 4. The van der Waals surface area contributed by atoms with E-state index in [-0.39, 0.29) is 35.5 Å². The Labute approximate surface area is 198 Å². The van der Waals surface area contributed by atoms with Crippen LogP contribution in [0.1, 0.15) is 84.5 Å². The molecule has 0 bridgehead atoms. The van der Waals surface area contributed by atoms with Crippen molar-refractivity contribution in [3.8, 4) is 0 Å². The normalized spacial score (nSPS) is 45.1. The van der Waals surface area contributed by atoms with Gasteiger partial charge in [0.1, 0.15) is 0 Å². The van der Waals surface area contributed by atoms with Gasteiger partial charge >= 0.3 is 0 Å². The number of carbonyl (C=O) groups excluding carboxylic acids is 1. The Morgan fingerprint density at radius 2 is 1.79 bits per heavy atom. The van der Waals surface area contributed by atoms with Crippen molar-refractivity contribution in [1.82, 2.24) is 5.32 Å². The fraction of sp³-hybridized carbons (Fsp3) is 0.960. The van der Waals surface area contributed by atoms with E-state index in [1.807, 2.05) is 0 Å². The highest BCUT2D eigenvalue weighted by atomic mass is 32.2. The van der Waals surface area contributed by atoms with Crippen LogP contribution in [0.5, 0.6) is 0 Å².